The molecule has 0 fully saturated rings. The first-order chi connectivity index (χ1) is 5.12. The van der Waals surface area contributed by atoms with E-state index < -0.39 is 0 Å². The molecular formula is C9H22N2. The van der Waals surface area contributed by atoms with Crippen molar-refractivity contribution in [3.05, 3.63) is 0 Å². The van der Waals surface area contributed by atoms with Gasteiger partial charge in [0.2, 0.25) is 0 Å². The standard InChI is InChI=1S/C9H22N2/c1-5-7-10-8-11-9(3,4)6-2/h10-11H,5-8H2,1-4H3. The van der Waals surface area contributed by atoms with E-state index in [-0.39, 0.29) is 5.54 Å². The SMILES string of the molecule is CCCNCNC(C)(C)CC. The molecule has 0 amide bonds. The van der Waals surface area contributed by atoms with Crippen LogP contribution in [0, 0.1) is 0 Å². The molecule has 0 saturated carbocycles. The molecule has 0 heterocycles. The second-order valence-corrected chi connectivity index (χ2v) is 3.59. The minimum absolute atomic E-state index is 0.279. The highest BCUT2D eigenvalue weighted by atomic mass is 15.1. The van der Waals surface area contributed by atoms with Gasteiger partial charge in [0, 0.05) is 12.2 Å². The van der Waals surface area contributed by atoms with E-state index in [1.54, 1.807) is 0 Å². The maximum atomic E-state index is 3.43. The zero-order valence-electron chi connectivity index (χ0n) is 8.33. The summed E-state index contributed by atoms with van der Waals surface area (Å²) in [5.41, 5.74) is 0.279. The summed E-state index contributed by atoms with van der Waals surface area (Å²) in [5.74, 6) is 0. The van der Waals surface area contributed by atoms with Gasteiger partial charge in [-0.1, -0.05) is 13.8 Å². The predicted octanol–water partition coefficient (Wildman–Crippen LogP) is 1.72. The Morgan fingerprint density at radius 1 is 1.18 bits per heavy atom. The molecule has 0 aliphatic rings. The Kier molecular flexibility index (Phi) is 5.51. The van der Waals surface area contributed by atoms with Crippen molar-refractivity contribution in [3.8, 4) is 0 Å². The highest BCUT2D eigenvalue weighted by Gasteiger charge is 2.11. The maximum Gasteiger partial charge on any atom is 0.0458 e. The molecule has 0 atom stereocenters. The van der Waals surface area contributed by atoms with Crippen molar-refractivity contribution in [2.75, 3.05) is 13.2 Å². The molecule has 0 aromatic heterocycles. The van der Waals surface area contributed by atoms with Crippen LogP contribution < -0.4 is 10.6 Å². The molecule has 2 heteroatoms. The molecule has 0 unspecified atom stereocenters. The summed E-state index contributed by atoms with van der Waals surface area (Å²) in [6.07, 6.45) is 2.37. The average molecular weight is 158 g/mol. The molecule has 0 radical (unpaired) electrons. The zero-order valence-corrected chi connectivity index (χ0v) is 8.33. The zero-order chi connectivity index (χ0) is 8.74. The lowest BCUT2D eigenvalue weighted by Gasteiger charge is -2.24. The Bertz CT molecular complexity index is 89.6. The third-order valence-electron chi connectivity index (χ3n) is 2.00. The van der Waals surface area contributed by atoms with Crippen molar-refractivity contribution < 1.29 is 0 Å². The quantitative estimate of drug-likeness (QED) is 0.454. The normalized spacial score (nSPS) is 12.0. The summed E-state index contributed by atoms with van der Waals surface area (Å²) in [5, 5.41) is 6.75. The van der Waals surface area contributed by atoms with E-state index >= 15 is 0 Å². The van der Waals surface area contributed by atoms with Crippen LogP contribution in [0.2, 0.25) is 0 Å². The summed E-state index contributed by atoms with van der Waals surface area (Å²) in [7, 11) is 0. The molecule has 11 heavy (non-hydrogen) atoms. The van der Waals surface area contributed by atoms with Crippen molar-refractivity contribution >= 4 is 0 Å². The lowest BCUT2D eigenvalue weighted by Crippen LogP contribution is -2.44. The average Bonchev–Trinajstić information content (AvgIpc) is 1.99. The van der Waals surface area contributed by atoms with Crippen LogP contribution in [0.4, 0.5) is 0 Å². The minimum atomic E-state index is 0.279. The summed E-state index contributed by atoms with van der Waals surface area (Å²) in [6, 6.07) is 0. The van der Waals surface area contributed by atoms with Crippen LogP contribution in [0.5, 0.6) is 0 Å². The van der Waals surface area contributed by atoms with Gasteiger partial charge < -0.3 is 5.32 Å². The Balaban J connectivity index is 3.23. The van der Waals surface area contributed by atoms with Gasteiger partial charge in [-0.25, -0.2) is 0 Å². The van der Waals surface area contributed by atoms with E-state index in [2.05, 4.69) is 38.3 Å². The molecule has 0 aromatic carbocycles. The highest BCUT2D eigenvalue weighted by Crippen LogP contribution is 2.04. The van der Waals surface area contributed by atoms with Crippen molar-refractivity contribution in [1.29, 1.82) is 0 Å². The largest absolute Gasteiger partial charge is 0.304 e. The fourth-order valence-electron chi connectivity index (χ4n) is 0.692. The fraction of sp³-hybridized carbons (Fsp3) is 1.00. The van der Waals surface area contributed by atoms with E-state index in [0.717, 1.165) is 13.2 Å². The van der Waals surface area contributed by atoms with Crippen LogP contribution in [0.15, 0.2) is 0 Å². The van der Waals surface area contributed by atoms with E-state index in [1.807, 2.05) is 0 Å². The summed E-state index contributed by atoms with van der Waals surface area (Å²) >= 11 is 0. The van der Waals surface area contributed by atoms with Crippen molar-refractivity contribution in [2.24, 2.45) is 0 Å². The van der Waals surface area contributed by atoms with Gasteiger partial charge in [-0.2, -0.15) is 0 Å². The van der Waals surface area contributed by atoms with Crippen molar-refractivity contribution in [1.82, 2.24) is 10.6 Å². The lowest BCUT2D eigenvalue weighted by atomic mass is 10.0. The van der Waals surface area contributed by atoms with Gasteiger partial charge in [0.25, 0.3) is 0 Å². The Morgan fingerprint density at radius 2 is 1.82 bits per heavy atom. The first-order valence-electron chi connectivity index (χ1n) is 4.58. The van der Waals surface area contributed by atoms with Crippen LogP contribution in [-0.4, -0.2) is 18.8 Å². The Hall–Kier alpha value is -0.0800. The van der Waals surface area contributed by atoms with Gasteiger partial charge in [-0.05, 0) is 33.2 Å². The first kappa shape index (κ1) is 10.9. The number of rotatable bonds is 6. The Labute approximate surface area is 70.8 Å². The molecule has 2 N–H and O–H groups in total. The van der Waals surface area contributed by atoms with E-state index in [0.29, 0.717) is 0 Å². The highest BCUT2D eigenvalue weighted by molar-refractivity contribution is 4.73. The molecule has 0 rings (SSSR count). The first-order valence-corrected chi connectivity index (χ1v) is 4.58. The summed E-state index contributed by atoms with van der Waals surface area (Å²) < 4.78 is 0. The van der Waals surface area contributed by atoms with Gasteiger partial charge in [0.05, 0.1) is 0 Å². The third kappa shape index (κ3) is 6.32. The van der Waals surface area contributed by atoms with E-state index in [4.69, 9.17) is 0 Å². The van der Waals surface area contributed by atoms with Gasteiger partial charge >= 0.3 is 0 Å². The van der Waals surface area contributed by atoms with Crippen LogP contribution in [-0.2, 0) is 0 Å². The molecule has 0 spiro atoms. The van der Waals surface area contributed by atoms with Crippen LogP contribution in [0.1, 0.15) is 40.5 Å². The number of nitrogens with one attached hydrogen (secondary N) is 2. The molecule has 0 bridgehead atoms. The molecule has 0 saturated heterocycles. The van der Waals surface area contributed by atoms with Crippen LogP contribution in [0.25, 0.3) is 0 Å². The molecule has 0 aromatic rings. The number of hydrogen-bond acceptors (Lipinski definition) is 2. The smallest absolute Gasteiger partial charge is 0.0458 e. The molecule has 68 valence electrons. The van der Waals surface area contributed by atoms with Crippen LogP contribution >= 0.6 is 0 Å². The molecule has 2 nitrogen and oxygen atoms in total. The predicted molar refractivity (Wildman–Crippen MR) is 50.7 cm³/mol. The third-order valence-corrected chi connectivity index (χ3v) is 2.00. The van der Waals surface area contributed by atoms with E-state index in [9.17, 15) is 0 Å². The second kappa shape index (κ2) is 5.56. The van der Waals surface area contributed by atoms with Gasteiger partial charge in [0.1, 0.15) is 0 Å². The van der Waals surface area contributed by atoms with Crippen LogP contribution in [0.3, 0.4) is 0 Å². The van der Waals surface area contributed by atoms with Crippen molar-refractivity contribution in [2.45, 2.75) is 46.1 Å². The number of hydrogen-bond donors (Lipinski definition) is 2. The monoisotopic (exact) mass is 158 g/mol. The topological polar surface area (TPSA) is 24.1 Å². The second-order valence-electron chi connectivity index (χ2n) is 3.59. The molecule has 0 aliphatic heterocycles. The lowest BCUT2D eigenvalue weighted by molar-refractivity contribution is 0.361. The fourth-order valence-corrected chi connectivity index (χ4v) is 0.692. The minimum Gasteiger partial charge on any atom is -0.304 e. The van der Waals surface area contributed by atoms with E-state index in [1.165, 1.54) is 12.8 Å². The molecule has 0 aliphatic carbocycles. The summed E-state index contributed by atoms with van der Waals surface area (Å²) in [4.78, 5) is 0. The van der Waals surface area contributed by atoms with Crippen molar-refractivity contribution in [3.63, 3.8) is 0 Å². The molecular weight excluding hydrogens is 136 g/mol. The Morgan fingerprint density at radius 3 is 2.27 bits per heavy atom. The van der Waals surface area contributed by atoms with Gasteiger partial charge in [-0.15, -0.1) is 0 Å². The van der Waals surface area contributed by atoms with Gasteiger partial charge in [0.15, 0.2) is 0 Å². The van der Waals surface area contributed by atoms with Gasteiger partial charge in [-0.3, -0.25) is 5.32 Å². The maximum absolute atomic E-state index is 3.43. The summed E-state index contributed by atoms with van der Waals surface area (Å²) in [6.45, 7) is 10.9.